The summed E-state index contributed by atoms with van der Waals surface area (Å²) in [6, 6.07) is 15.4. The van der Waals surface area contributed by atoms with Crippen molar-refractivity contribution in [3.05, 3.63) is 90.8 Å². The fraction of sp³-hybridized carbons (Fsp3) is 0.0435. The number of anilines is 1. The van der Waals surface area contributed by atoms with Crippen molar-refractivity contribution in [2.75, 3.05) is 5.32 Å². The van der Waals surface area contributed by atoms with Crippen molar-refractivity contribution in [2.24, 2.45) is 7.05 Å². The van der Waals surface area contributed by atoms with Gasteiger partial charge in [-0.25, -0.2) is 9.07 Å². The molecule has 3 aromatic heterocycles. The molecule has 0 fully saturated rings. The van der Waals surface area contributed by atoms with Gasteiger partial charge in [-0.1, -0.05) is 12.1 Å². The van der Waals surface area contributed by atoms with Gasteiger partial charge in [0.2, 0.25) is 0 Å². The highest BCUT2D eigenvalue weighted by molar-refractivity contribution is 6.12. The Morgan fingerprint density at radius 1 is 1.00 bits per heavy atom. The first kappa shape index (κ1) is 18.7. The van der Waals surface area contributed by atoms with Crippen LogP contribution in [-0.2, 0) is 7.05 Å². The molecule has 0 atom stereocenters. The summed E-state index contributed by atoms with van der Waals surface area (Å²) < 4.78 is 16.7. The number of halogens is 1. The Hall–Kier alpha value is -4.33. The highest BCUT2D eigenvalue weighted by atomic mass is 19.1. The first-order chi connectivity index (χ1) is 15.1. The fourth-order valence-electron chi connectivity index (χ4n) is 3.52. The lowest BCUT2D eigenvalue weighted by Crippen LogP contribution is -2.12. The number of nitrogens with zero attached hydrogens (tertiary/aromatic N) is 5. The molecule has 1 N–H and O–H groups in total. The maximum Gasteiger partial charge on any atom is 0.257 e. The van der Waals surface area contributed by atoms with Crippen LogP contribution in [0.4, 0.5) is 10.1 Å². The zero-order valence-electron chi connectivity index (χ0n) is 16.5. The second-order valence-corrected chi connectivity index (χ2v) is 7.03. The third kappa shape index (κ3) is 3.44. The minimum absolute atomic E-state index is 0.293. The number of hydrogen-bond acceptors (Lipinski definition) is 4. The predicted octanol–water partition coefficient (Wildman–Crippen LogP) is 4.21. The topological polar surface area (TPSA) is 77.6 Å². The molecule has 152 valence electrons. The Labute approximate surface area is 176 Å². The van der Waals surface area contributed by atoms with Crippen molar-refractivity contribution in [3.8, 4) is 16.9 Å². The lowest BCUT2D eigenvalue weighted by atomic mass is 10.1. The second kappa shape index (κ2) is 7.49. The van der Waals surface area contributed by atoms with Gasteiger partial charge in [0.1, 0.15) is 5.82 Å². The Kier molecular flexibility index (Phi) is 4.51. The van der Waals surface area contributed by atoms with Crippen LogP contribution < -0.4 is 5.32 Å². The van der Waals surface area contributed by atoms with Crippen LogP contribution in [0.25, 0.3) is 27.8 Å². The number of amides is 1. The van der Waals surface area contributed by atoms with Crippen LogP contribution in [0.2, 0.25) is 0 Å². The van der Waals surface area contributed by atoms with Crippen LogP contribution in [0.5, 0.6) is 0 Å². The smallest absolute Gasteiger partial charge is 0.257 e. The molecule has 3 heterocycles. The molecule has 5 aromatic rings. The fourth-order valence-corrected chi connectivity index (χ4v) is 3.52. The number of aryl methyl sites for hydroxylation is 1. The maximum absolute atomic E-state index is 13.3. The van der Waals surface area contributed by atoms with Crippen molar-refractivity contribution < 1.29 is 9.18 Å². The molecule has 0 aliphatic carbocycles. The number of hydrogen-bond donors (Lipinski definition) is 1. The van der Waals surface area contributed by atoms with E-state index in [0.29, 0.717) is 27.8 Å². The normalized spacial score (nSPS) is 11.0. The molecule has 0 aliphatic rings. The van der Waals surface area contributed by atoms with Gasteiger partial charge in [0.25, 0.3) is 5.91 Å². The van der Waals surface area contributed by atoms with Gasteiger partial charge in [0.05, 0.1) is 34.9 Å². The summed E-state index contributed by atoms with van der Waals surface area (Å²) in [5.41, 5.74) is 4.28. The standard InChI is InChI=1S/C23H17FN6O/c1-29-21(9-10-26-29)15-3-2-4-17(11-15)28-23(31)20-12-25-14-22-19(20)13-27-30(22)18-7-5-16(24)6-8-18/h2-14H,1H3,(H,28,31). The van der Waals surface area contributed by atoms with Gasteiger partial charge in [-0.3, -0.25) is 14.5 Å². The highest BCUT2D eigenvalue weighted by Crippen LogP contribution is 2.24. The summed E-state index contributed by atoms with van der Waals surface area (Å²) in [4.78, 5) is 17.2. The number of carbonyl (C=O) groups excluding carboxylic acids is 1. The molecule has 5 rings (SSSR count). The van der Waals surface area contributed by atoms with E-state index in [4.69, 9.17) is 0 Å². The molecule has 2 aromatic carbocycles. The largest absolute Gasteiger partial charge is 0.322 e. The van der Waals surface area contributed by atoms with Crippen LogP contribution in [0.1, 0.15) is 10.4 Å². The van der Waals surface area contributed by atoms with Gasteiger partial charge in [-0.15, -0.1) is 0 Å². The predicted molar refractivity (Wildman–Crippen MR) is 115 cm³/mol. The van der Waals surface area contributed by atoms with E-state index in [-0.39, 0.29) is 11.7 Å². The first-order valence-electron chi connectivity index (χ1n) is 9.57. The lowest BCUT2D eigenvalue weighted by molar-refractivity contribution is 0.102. The Balaban J connectivity index is 1.47. The van der Waals surface area contributed by atoms with Crippen molar-refractivity contribution in [2.45, 2.75) is 0 Å². The van der Waals surface area contributed by atoms with Gasteiger partial charge in [0.15, 0.2) is 0 Å². The molecular formula is C23H17FN6O. The Bertz CT molecular complexity index is 1400. The van der Waals surface area contributed by atoms with E-state index < -0.39 is 0 Å². The summed E-state index contributed by atoms with van der Waals surface area (Å²) in [5.74, 6) is -0.620. The molecule has 31 heavy (non-hydrogen) atoms. The van der Waals surface area contributed by atoms with E-state index in [1.54, 1.807) is 40.1 Å². The molecule has 0 unspecified atom stereocenters. The van der Waals surface area contributed by atoms with Crippen LogP contribution in [0.3, 0.4) is 0 Å². The van der Waals surface area contributed by atoms with Crippen molar-refractivity contribution in [1.29, 1.82) is 0 Å². The van der Waals surface area contributed by atoms with E-state index in [0.717, 1.165) is 11.3 Å². The summed E-state index contributed by atoms with van der Waals surface area (Å²) >= 11 is 0. The highest BCUT2D eigenvalue weighted by Gasteiger charge is 2.15. The number of nitrogens with one attached hydrogen (secondary N) is 1. The monoisotopic (exact) mass is 412 g/mol. The number of pyridine rings is 1. The van der Waals surface area contributed by atoms with E-state index in [1.807, 2.05) is 37.4 Å². The number of rotatable bonds is 4. The molecule has 0 radical (unpaired) electrons. The van der Waals surface area contributed by atoms with Crippen molar-refractivity contribution in [3.63, 3.8) is 0 Å². The number of benzene rings is 2. The average molecular weight is 412 g/mol. The zero-order valence-corrected chi connectivity index (χ0v) is 16.5. The van der Waals surface area contributed by atoms with Gasteiger partial charge in [-0.05, 0) is 42.5 Å². The Morgan fingerprint density at radius 3 is 2.61 bits per heavy atom. The van der Waals surface area contributed by atoms with Gasteiger partial charge >= 0.3 is 0 Å². The van der Waals surface area contributed by atoms with Crippen LogP contribution in [0.15, 0.2) is 79.4 Å². The lowest BCUT2D eigenvalue weighted by Gasteiger charge is -2.09. The van der Waals surface area contributed by atoms with E-state index in [2.05, 4.69) is 20.5 Å². The molecule has 0 saturated heterocycles. The van der Waals surface area contributed by atoms with Crippen molar-refractivity contribution in [1.82, 2.24) is 24.5 Å². The SMILES string of the molecule is Cn1nccc1-c1cccc(NC(=O)c2cncc3c2cnn3-c2ccc(F)cc2)c1. The maximum atomic E-state index is 13.3. The second-order valence-electron chi connectivity index (χ2n) is 7.03. The quantitative estimate of drug-likeness (QED) is 0.480. The van der Waals surface area contributed by atoms with Crippen LogP contribution in [0, 0.1) is 5.82 Å². The molecule has 8 heteroatoms. The van der Waals surface area contributed by atoms with Gasteiger partial charge in [-0.2, -0.15) is 10.2 Å². The van der Waals surface area contributed by atoms with E-state index >= 15 is 0 Å². The zero-order chi connectivity index (χ0) is 21.4. The molecule has 0 aliphatic heterocycles. The number of aromatic nitrogens is 5. The minimum atomic E-state index is -0.327. The summed E-state index contributed by atoms with van der Waals surface area (Å²) in [7, 11) is 1.87. The number of carbonyl (C=O) groups is 1. The van der Waals surface area contributed by atoms with Crippen LogP contribution in [-0.4, -0.2) is 30.5 Å². The number of fused-ring (bicyclic) bond motifs is 1. The first-order valence-corrected chi connectivity index (χ1v) is 9.57. The summed E-state index contributed by atoms with van der Waals surface area (Å²) in [6.07, 6.45) is 6.48. The van der Waals surface area contributed by atoms with Crippen LogP contribution >= 0.6 is 0 Å². The molecular weight excluding hydrogens is 395 g/mol. The third-order valence-electron chi connectivity index (χ3n) is 5.05. The summed E-state index contributed by atoms with van der Waals surface area (Å²) in [6.45, 7) is 0. The molecule has 0 bridgehead atoms. The molecule has 0 spiro atoms. The molecule has 7 nitrogen and oxygen atoms in total. The molecule has 0 saturated carbocycles. The van der Waals surface area contributed by atoms with Gasteiger partial charge < -0.3 is 5.32 Å². The minimum Gasteiger partial charge on any atom is -0.322 e. The third-order valence-corrected chi connectivity index (χ3v) is 5.05. The Morgan fingerprint density at radius 2 is 1.84 bits per heavy atom. The van der Waals surface area contributed by atoms with E-state index in [9.17, 15) is 9.18 Å². The van der Waals surface area contributed by atoms with Crippen molar-refractivity contribution >= 4 is 22.5 Å². The summed E-state index contributed by atoms with van der Waals surface area (Å²) in [5, 5.41) is 12.1. The average Bonchev–Trinajstić information content (AvgIpc) is 3.40. The van der Waals surface area contributed by atoms with Gasteiger partial charge in [0, 0.05) is 36.1 Å². The van der Waals surface area contributed by atoms with E-state index in [1.165, 1.54) is 18.3 Å². The molecule has 1 amide bonds.